The number of amides is 1. The molecule has 0 saturated carbocycles. The molecule has 1 heterocycles. The molecule has 1 fully saturated rings. The molecule has 1 atom stereocenters. The van der Waals surface area contributed by atoms with E-state index in [1.807, 2.05) is 18.2 Å². The van der Waals surface area contributed by atoms with E-state index in [0.29, 0.717) is 24.0 Å². The minimum Gasteiger partial charge on any atom is -0.493 e. The topological polar surface area (TPSA) is 50.8 Å². The molecule has 0 spiro atoms. The van der Waals surface area contributed by atoms with Gasteiger partial charge in [-0.2, -0.15) is 0 Å². The van der Waals surface area contributed by atoms with Crippen LogP contribution in [0.15, 0.2) is 18.2 Å². The molecule has 1 aliphatic rings. The van der Waals surface area contributed by atoms with Crippen molar-refractivity contribution in [3.8, 4) is 11.5 Å². The summed E-state index contributed by atoms with van der Waals surface area (Å²) in [7, 11) is 3.25. The fourth-order valence-corrected chi connectivity index (χ4v) is 3.09. The molecule has 1 aliphatic heterocycles. The van der Waals surface area contributed by atoms with Crippen LogP contribution in [-0.2, 0) is 11.2 Å². The van der Waals surface area contributed by atoms with Gasteiger partial charge in [-0.05, 0) is 43.5 Å². The molecule has 6 heteroatoms. The fourth-order valence-electron chi connectivity index (χ4n) is 3.09. The number of nitrogens with zero attached hydrogens (tertiary/aromatic N) is 1. The Balaban J connectivity index is 0.00000288. The Hall–Kier alpha value is -1.46. The number of hydrogen-bond donors (Lipinski definition) is 1. The maximum Gasteiger partial charge on any atom is 0.223 e. The van der Waals surface area contributed by atoms with Crippen LogP contribution in [-0.4, -0.2) is 50.7 Å². The van der Waals surface area contributed by atoms with Crippen molar-refractivity contribution in [1.29, 1.82) is 0 Å². The van der Waals surface area contributed by atoms with Crippen LogP contribution in [0.1, 0.15) is 31.7 Å². The van der Waals surface area contributed by atoms with E-state index in [9.17, 15) is 4.79 Å². The Morgan fingerprint density at radius 2 is 2.04 bits per heavy atom. The molecule has 0 radical (unpaired) electrons. The number of benzene rings is 1. The van der Waals surface area contributed by atoms with Crippen LogP contribution >= 0.6 is 12.4 Å². The second-order valence-electron chi connectivity index (χ2n) is 5.92. The third-order valence-electron chi connectivity index (χ3n) is 4.34. The van der Waals surface area contributed by atoms with E-state index in [4.69, 9.17) is 9.47 Å². The molecule has 1 aromatic rings. The standard InChI is InChI=1S/C18H28N2O3.ClH/c1-4-11-20(15-9-10-19-13-15)18(21)8-6-14-5-7-16(22-2)17(12-14)23-3;/h5,7,12,15,19H,4,6,8-11,13H2,1-3H3;1H. The van der Waals surface area contributed by atoms with Gasteiger partial charge in [-0.15, -0.1) is 12.4 Å². The molecule has 1 aromatic carbocycles. The van der Waals surface area contributed by atoms with Crippen molar-refractivity contribution < 1.29 is 14.3 Å². The molecule has 24 heavy (non-hydrogen) atoms. The number of methoxy groups -OCH3 is 2. The minimum atomic E-state index is 0. The first-order valence-electron chi connectivity index (χ1n) is 8.40. The molecular weight excluding hydrogens is 328 g/mol. The van der Waals surface area contributed by atoms with E-state index < -0.39 is 0 Å². The van der Waals surface area contributed by atoms with Gasteiger partial charge in [0.1, 0.15) is 0 Å². The number of aryl methyl sites for hydroxylation is 1. The van der Waals surface area contributed by atoms with E-state index in [1.54, 1.807) is 14.2 Å². The van der Waals surface area contributed by atoms with Crippen molar-refractivity contribution in [3.63, 3.8) is 0 Å². The molecule has 0 aliphatic carbocycles. The number of rotatable bonds is 8. The van der Waals surface area contributed by atoms with Crippen molar-refractivity contribution in [3.05, 3.63) is 23.8 Å². The Bertz CT molecular complexity index is 519. The molecular formula is C18H29ClN2O3. The SMILES string of the molecule is CCCN(C(=O)CCc1ccc(OC)c(OC)c1)C1CCNC1.Cl. The van der Waals surface area contributed by atoms with Gasteiger partial charge >= 0.3 is 0 Å². The lowest BCUT2D eigenvalue weighted by Gasteiger charge is -2.28. The van der Waals surface area contributed by atoms with Crippen LogP contribution in [0.4, 0.5) is 0 Å². The summed E-state index contributed by atoms with van der Waals surface area (Å²) in [5, 5.41) is 3.34. The molecule has 136 valence electrons. The zero-order chi connectivity index (χ0) is 16.7. The van der Waals surface area contributed by atoms with Crippen LogP contribution in [0, 0.1) is 0 Å². The highest BCUT2D eigenvalue weighted by molar-refractivity contribution is 5.85. The summed E-state index contributed by atoms with van der Waals surface area (Å²) in [5.74, 6) is 1.67. The van der Waals surface area contributed by atoms with Crippen LogP contribution in [0.5, 0.6) is 11.5 Å². The summed E-state index contributed by atoms with van der Waals surface area (Å²) >= 11 is 0. The van der Waals surface area contributed by atoms with Crippen LogP contribution < -0.4 is 14.8 Å². The lowest BCUT2D eigenvalue weighted by atomic mass is 10.1. The van der Waals surface area contributed by atoms with Crippen molar-refractivity contribution in [2.75, 3.05) is 33.9 Å². The van der Waals surface area contributed by atoms with E-state index in [-0.39, 0.29) is 18.3 Å². The predicted molar refractivity (Wildman–Crippen MR) is 98.4 cm³/mol. The summed E-state index contributed by atoms with van der Waals surface area (Å²) in [6.07, 6.45) is 3.31. The monoisotopic (exact) mass is 356 g/mol. The molecule has 1 unspecified atom stereocenters. The lowest BCUT2D eigenvalue weighted by Crippen LogP contribution is -2.42. The van der Waals surface area contributed by atoms with E-state index in [0.717, 1.165) is 44.5 Å². The van der Waals surface area contributed by atoms with Gasteiger partial charge in [0.2, 0.25) is 5.91 Å². The summed E-state index contributed by atoms with van der Waals surface area (Å²) in [6, 6.07) is 6.19. The summed E-state index contributed by atoms with van der Waals surface area (Å²) in [5.41, 5.74) is 1.09. The normalized spacial score (nSPS) is 16.4. The number of halogens is 1. The first-order chi connectivity index (χ1) is 11.2. The van der Waals surface area contributed by atoms with Gasteiger partial charge in [0, 0.05) is 25.6 Å². The molecule has 0 bridgehead atoms. The van der Waals surface area contributed by atoms with Crippen LogP contribution in [0.3, 0.4) is 0 Å². The van der Waals surface area contributed by atoms with Crippen LogP contribution in [0.25, 0.3) is 0 Å². The highest BCUT2D eigenvalue weighted by Gasteiger charge is 2.25. The predicted octanol–water partition coefficient (Wildman–Crippen LogP) is 2.66. The summed E-state index contributed by atoms with van der Waals surface area (Å²) < 4.78 is 10.6. The van der Waals surface area contributed by atoms with Gasteiger partial charge in [0.15, 0.2) is 11.5 Å². The van der Waals surface area contributed by atoms with Gasteiger partial charge in [0.25, 0.3) is 0 Å². The summed E-state index contributed by atoms with van der Waals surface area (Å²) in [6.45, 7) is 4.89. The van der Waals surface area contributed by atoms with Gasteiger partial charge < -0.3 is 19.7 Å². The zero-order valence-corrected chi connectivity index (χ0v) is 15.7. The van der Waals surface area contributed by atoms with Crippen molar-refractivity contribution >= 4 is 18.3 Å². The highest BCUT2D eigenvalue weighted by atomic mass is 35.5. The average Bonchev–Trinajstić information content (AvgIpc) is 3.11. The molecule has 0 aromatic heterocycles. The molecule has 5 nitrogen and oxygen atoms in total. The van der Waals surface area contributed by atoms with E-state index in [2.05, 4.69) is 17.1 Å². The summed E-state index contributed by atoms with van der Waals surface area (Å²) in [4.78, 5) is 14.7. The zero-order valence-electron chi connectivity index (χ0n) is 14.8. The third kappa shape index (κ3) is 5.28. The number of ether oxygens (including phenoxy) is 2. The molecule has 1 saturated heterocycles. The quantitative estimate of drug-likeness (QED) is 0.778. The minimum absolute atomic E-state index is 0. The molecule has 1 N–H and O–H groups in total. The lowest BCUT2D eigenvalue weighted by molar-refractivity contribution is -0.133. The maximum atomic E-state index is 12.6. The maximum absolute atomic E-state index is 12.6. The first-order valence-corrected chi connectivity index (χ1v) is 8.40. The highest BCUT2D eigenvalue weighted by Crippen LogP contribution is 2.28. The first kappa shape index (κ1) is 20.6. The number of carbonyl (C=O) groups excluding carboxylic acids is 1. The van der Waals surface area contributed by atoms with Gasteiger partial charge in [-0.25, -0.2) is 0 Å². The number of nitrogens with one attached hydrogen (secondary N) is 1. The van der Waals surface area contributed by atoms with E-state index in [1.165, 1.54) is 0 Å². The largest absolute Gasteiger partial charge is 0.493 e. The molecule has 1 amide bonds. The van der Waals surface area contributed by atoms with Crippen molar-refractivity contribution in [2.45, 2.75) is 38.6 Å². The average molecular weight is 357 g/mol. The molecule has 2 rings (SSSR count). The fraction of sp³-hybridized carbons (Fsp3) is 0.611. The Morgan fingerprint density at radius 3 is 2.62 bits per heavy atom. The van der Waals surface area contributed by atoms with Crippen LogP contribution in [0.2, 0.25) is 0 Å². The van der Waals surface area contributed by atoms with Crippen molar-refractivity contribution in [2.24, 2.45) is 0 Å². The Kier molecular flexibility index (Phi) is 8.93. The Labute approximate surface area is 151 Å². The van der Waals surface area contributed by atoms with E-state index >= 15 is 0 Å². The second kappa shape index (κ2) is 10.4. The van der Waals surface area contributed by atoms with Gasteiger partial charge in [-0.1, -0.05) is 13.0 Å². The van der Waals surface area contributed by atoms with Gasteiger partial charge in [0.05, 0.1) is 14.2 Å². The second-order valence-corrected chi connectivity index (χ2v) is 5.92. The van der Waals surface area contributed by atoms with Gasteiger partial charge in [-0.3, -0.25) is 4.79 Å². The van der Waals surface area contributed by atoms with Crippen molar-refractivity contribution in [1.82, 2.24) is 10.2 Å². The number of carbonyl (C=O) groups is 1. The Morgan fingerprint density at radius 1 is 1.29 bits per heavy atom. The smallest absolute Gasteiger partial charge is 0.223 e. The third-order valence-corrected chi connectivity index (χ3v) is 4.34. The number of hydrogen-bond acceptors (Lipinski definition) is 4.